The largest absolute Gasteiger partial charge is 0.362 e. The number of nitrogens with one attached hydrogen (secondary N) is 1. The summed E-state index contributed by atoms with van der Waals surface area (Å²) in [6.07, 6.45) is 18.2. The molecule has 1 spiro atoms. The molecule has 0 aromatic heterocycles. The molecule has 6 aromatic rings. The summed E-state index contributed by atoms with van der Waals surface area (Å²) in [6, 6.07) is 48.7. The Morgan fingerprint density at radius 3 is 1.72 bits per heavy atom. The van der Waals surface area contributed by atoms with E-state index in [1.165, 1.54) is 77.9 Å². The molecule has 0 saturated carbocycles. The van der Waals surface area contributed by atoms with E-state index in [2.05, 4.69) is 203 Å². The quantitative estimate of drug-likeness (QED) is 0.129. The van der Waals surface area contributed by atoms with Gasteiger partial charge in [-0.25, -0.2) is 0 Å². The third-order valence-electron chi connectivity index (χ3n) is 12.8. The molecule has 0 fully saturated rings. The maximum absolute atomic E-state index is 3.50. The minimum atomic E-state index is -0.365. The van der Waals surface area contributed by atoms with E-state index < -0.39 is 0 Å². The first-order chi connectivity index (χ1) is 26.3. The second kappa shape index (κ2) is 12.1. The normalized spacial score (nSPS) is 17.4. The van der Waals surface area contributed by atoms with Crippen molar-refractivity contribution in [3.8, 4) is 33.4 Å². The molecule has 0 radical (unpaired) electrons. The molecule has 1 nitrogen and oxygen atoms in total. The molecule has 4 aliphatic carbocycles. The Morgan fingerprint density at radius 2 is 1.00 bits per heavy atom. The molecular formula is C53H45N. The fourth-order valence-electron chi connectivity index (χ4n) is 9.93. The van der Waals surface area contributed by atoms with E-state index >= 15 is 0 Å². The molecule has 0 unspecified atom stereocenters. The lowest BCUT2D eigenvalue weighted by Gasteiger charge is -2.46. The molecule has 1 N–H and O–H groups in total. The van der Waals surface area contributed by atoms with E-state index in [0.29, 0.717) is 5.92 Å². The highest BCUT2D eigenvalue weighted by Crippen LogP contribution is 2.62. The van der Waals surface area contributed by atoms with Crippen LogP contribution in [0.5, 0.6) is 0 Å². The zero-order valence-electron chi connectivity index (χ0n) is 31.5. The SMILES string of the molecule is CC1(C)c2cc(N/C=C/C=C/C=C/CC3C=C3)ccc2-c2ccc(-c3ccc4c(c3)-c3ccccc3C43c4ccccc4C(C)(C)c4ccccc43)cc21. The summed E-state index contributed by atoms with van der Waals surface area (Å²) in [5.74, 6) is 0.686. The van der Waals surface area contributed by atoms with Crippen LogP contribution in [0.15, 0.2) is 176 Å². The maximum Gasteiger partial charge on any atom is 0.0719 e. The fourth-order valence-corrected chi connectivity index (χ4v) is 9.93. The van der Waals surface area contributed by atoms with Crippen LogP contribution in [0.4, 0.5) is 5.69 Å². The smallest absolute Gasteiger partial charge is 0.0719 e. The molecular weight excluding hydrogens is 651 g/mol. The third-order valence-corrected chi connectivity index (χ3v) is 12.8. The Labute approximate surface area is 320 Å². The van der Waals surface area contributed by atoms with Crippen molar-refractivity contribution < 1.29 is 0 Å². The minimum Gasteiger partial charge on any atom is -0.362 e. The molecule has 0 aliphatic heterocycles. The molecule has 4 aliphatic rings. The summed E-state index contributed by atoms with van der Waals surface area (Å²) in [5.41, 5.74) is 19.5. The Morgan fingerprint density at radius 1 is 0.463 bits per heavy atom. The van der Waals surface area contributed by atoms with Crippen molar-refractivity contribution in [2.45, 2.75) is 50.4 Å². The van der Waals surface area contributed by atoms with Crippen LogP contribution in [0.2, 0.25) is 0 Å². The lowest BCUT2D eigenvalue weighted by Crippen LogP contribution is -2.40. The zero-order valence-corrected chi connectivity index (χ0v) is 31.5. The number of allylic oxidation sites excluding steroid dienone is 7. The van der Waals surface area contributed by atoms with Gasteiger partial charge in [0.15, 0.2) is 0 Å². The molecule has 0 atom stereocenters. The average Bonchev–Trinajstić information content (AvgIpc) is 3.95. The van der Waals surface area contributed by atoms with Gasteiger partial charge in [0.1, 0.15) is 0 Å². The van der Waals surface area contributed by atoms with Crippen LogP contribution in [-0.4, -0.2) is 0 Å². The predicted molar refractivity (Wildman–Crippen MR) is 227 cm³/mol. The topological polar surface area (TPSA) is 12.0 Å². The van der Waals surface area contributed by atoms with Crippen LogP contribution < -0.4 is 5.32 Å². The van der Waals surface area contributed by atoms with Gasteiger partial charge in [0.05, 0.1) is 5.41 Å². The molecule has 10 rings (SSSR count). The van der Waals surface area contributed by atoms with E-state index in [4.69, 9.17) is 0 Å². The monoisotopic (exact) mass is 695 g/mol. The molecule has 0 saturated heterocycles. The van der Waals surface area contributed by atoms with Gasteiger partial charge in [-0.3, -0.25) is 0 Å². The summed E-state index contributed by atoms with van der Waals surface area (Å²) >= 11 is 0. The van der Waals surface area contributed by atoms with Crippen molar-refractivity contribution in [3.05, 3.63) is 221 Å². The maximum atomic E-state index is 3.50. The Kier molecular flexibility index (Phi) is 7.30. The number of hydrogen-bond donors (Lipinski definition) is 1. The van der Waals surface area contributed by atoms with Crippen LogP contribution in [-0.2, 0) is 16.2 Å². The standard InChI is InChI=1S/C53H45N/c1-51(2)45-19-11-13-21-47(45)53(48-22-14-12-20-46(48)51)43-18-10-9-17-39(43)42-32-36(26-30-44(42)53)37-25-28-40-41-29-27-38(34-50(41)52(3,4)49(40)33-37)54-31-15-7-5-6-8-16-35-23-24-35/h5-15,17-35,54H,16H2,1-4H3/b7-5+,8-6+,31-15+. The summed E-state index contributed by atoms with van der Waals surface area (Å²) < 4.78 is 0. The number of rotatable bonds is 7. The van der Waals surface area contributed by atoms with Crippen LogP contribution >= 0.6 is 0 Å². The number of hydrogen-bond acceptors (Lipinski definition) is 1. The Balaban J connectivity index is 1.01. The summed E-state index contributed by atoms with van der Waals surface area (Å²) in [7, 11) is 0. The average molecular weight is 696 g/mol. The highest BCUT2D eigenvalue weighted by Gasteiger charge is 2.53. The van der Waals surface area contributed by atoms with E-state index in [1.54, 1.807) is 0 Å². The summed E-state index contributed by atoms with van der Waals surface area (Å²) in [4.78, 5) is 0. The highest BCUT2D eigenvalue weighted by atomic mass is 14.8. The van der Waals surface area contributed by atoms with Crippen LogP contribution in [0.25, 0.3) is 33.4 Å². The van der Waals surface area contributed by atoms with E-state index in [-0.39, 0.29) is 16.2 Å². The van der Waals surface area contributed by atoms with Gasteiger partial charge in [0.25, 0.3) is 0 Å². The van der Waals surface area contributed by atoms with Gasteiger partial charge in [-0.05, 0) is 121 Å². The molecule has 0 heterocycles. The first kappa shape index (κ1) is 32.7. The molecule has 1 heteroatoms. The van der Waals surface area contributed by atoms with E-state index in [0.717, 1.165) is 12.1 Å². The molecule has 6 aromatic carbocycles. The van der Waals surface area contributed by atoms with Crippen molar-refractivity contribution in [2.75, 3.05) is 5.32 Å². The first-order valence-electron chi connectivity index (χ1n) is 19.5. The number of benzene rings is 6. The van der Waals surface area contributed by atoms with Crippen molar-refractivity contribution in [2.24, 2.45) is 5.92 Å². The van der Waals surface area contributed by atoms with Gasteiger partial charge in [0, 0.05) is 22.7 Å². The van der Waals surface area contributed by atoms with Crippen LogP contribution in [0.3, 0.4) is 0 Å². The second-order valence-corrected chi connectivity index (χ2v) is 16.5. The number of fused-ring (bicyclic) bond motifs is 12. The van der Waals surface area contributed by atoms with Crippen molar-refractivity contribution in [1.29, 1.82) is 0 Å². The van der Waals surface area contributed by atoms with Gasteiger partial charge in [-0.1, -0.05) is 167 Å². The summed E-state index contributed by atoms with van der Waals surface area (Å²) in [5, 5.41) is 3.50. The molecule has 0 amide bonds. The van der Waals surface area contributed by atoms with Gasteiger partial charge in [0.2, 0.25) is 0 Å². The van der Waals surface area contributed by atoms with E-state index in [9.17, 15) is 0 Å². The Hall–Kier alpha value is -5.92. The zero-order chi connectivity index (χ0) is 36.7. The lowest BCUT2D eigenvalue weighted by molar-refractivity contribution is 0.563. The van der Waals surface area contributed by atoms with Gasteiger partial charge in [-0.15, -0.1) is 0 Å². The van der Waals surface area contributed by atoms with Gasteiger partial charge in [-0.2, -0.15) is 0 Å². The van der Waals surface area contributed by atoms with Crippen molar-refractivity contribution in [1.82, 2.24) is 0 Å². The van der Waals surface area contributed by atoms with Gasteiger partial charge >= 0.3 is 0 Å². The van der Waals surface area contributed by atoms with Crippen LogP contribution in [0.1, 0.15) is 78.6 Å². The lowest BCUT2D eigenvalue weighted by atomic mass is 9.55. The molecule has 262 valence electrons. The Bertz CT molecular complexity index is 2570. The first-order valence-corrected chi connectivity index (χ1v) is 19.5. The summed E-state index contributed by atoms with van der Waals surface area (Å²) in [6.45, 7) is 9.51. The highest BCUT2D eigenvalue weighted by molar-refractivity contribution is 5.91. The van der Waals surface area contributed by atoms with Crippen molar-refractivity contribution >= 4 is 5.69 Å². The van der Waals surface area contributed by atoms with E-state index in [1.807, 2.05) is 6.20 Å². The molecule has 0 bridgehead atoms. The fraction of sp³-hybridized carbons (Fsp3) is 0.170. The third kappa shape index (κ3) is 4.77. The minimum absolute atomic E-state index is 0.0970. The van der Waals surface area contributed by atoms with Crippen LogP contribution in [0, 0.1) is 5.92 Å². The predicted octanol–water partition coefficient (Wildman–Crippen LogP) is 13.3. The van der Waals surface area contributed by atoms with Crippen molar-refractivity contribution in [3.63, 3.8) is 0 Å². The molecule has 54 heavy (non-hydrogen) atoms. The second-order valence-electron chi connectivity index (χ2n) is 16.5. The number of anilines is 1. The van der Waals surface area contributed by atoms with Gasteiger partial charge < -0.3 is 5.32 Å².